The van der Waals surface area contributed by atoms with E-state index < -0.39 is 0 Å². The molecule has 1 amide bonds. The molecule has 0 unspecified atom stereocenters. The highest BCUT2D eigenvalue weighted by Gasteiger charge is 2.08. The first kappa shape index (κ1) is 17.3. The summed E-state index contributed by atoms with van der Waals surface area (Å²) in [5.41, 5.74) is 1.32. The van der Waals surface area contributed by atoms with Gasteiger partial charge in [-0.25, -0.2) is 0 Å². The first-order chi connectivity index (χ1) is 10.1. The van der Waals surface area contributed by atoms with Crippen LogP contribution in [-0.2, 0) is 4.79 Å². The fraction of sp³-hybridized carbons (Fsp3) is 0.500. The molecule has 0 saturated heterocycles. The van der Waals surface area contributed by atoms with E-state index in [-0.39, 0.29) is 18.3 Å². The number of benzene rings is 1. The lowest BCUT2D eigenvalue weighted by Crippen LogP contribution is -2.31. The molecule has 1 aromatic carbocycles. The lowest BCUT2D eigenvalue weighted by molar-refractivity contribution is -0.116. The predicted molar refractivity (Wildman–Crippen MR) is 83.5 cm³/mol. The Hall–Kier alpha value is -1.72. The third-order valence-corrected chi connectivity index (χ3v) is 3.19. The normalized spacial score (nSPS) is 10.7. The van der Waals surface area contributed by atoms with Gasteiger partial charge in [-0.15, -0.1) is 0 Å². The van der Waals surface area contributed by atoms with Gasteiger partial charge in [-0.1, -0.05) is 6.92 Å². The Morgan fingerprint density at radius 3 is 2.33 bits per heavy atom. The Kier molecular flexibility index (Phi) is 7.64. The number of nitrogens with zero attached hydrogens (tertiary/aromatic N) is 1. The molecular weight excluding hydrogens is 268 g/mol. The van der Waals surface area contributed by atoms with Crippen LogP contribution in [0.1, 0.15) is 37.0 Å². The molecule has 0 heterocycles. The van der Waals surface area contributed by atoms with Gasteiger partial charge in [0.1, 0.15) is 0 Å². The number of aliphatic hydroxyl groups is 1. The topological polar surface area (TPSA) is 69.6 Å². The third-order valence-electron chi connectivity index (χ3n) is 3.19. The van der Waals surface area contributed by atoms with Gasteiger partial charge in [-0.05, 0) is 44.2 Å². The van der Waals surface area contributed by atoms with E-state index in [0.717, 1.165) is 13.0 Å². The second-order valence-electron chi connectivity index (χ2n) is 5.00. The summed E-state index contributed by atoms with van der Waals surface area (Å²) in [4.78, 5) is 25.1. The molecule has 2 N–H and O–H groups in total. The van der Waals surface area contributed by atoms with Crippen molar-refractivity contribution >= 4 is 17.4 Å². The maximum Gasteiger partial charge on any atom is 0.225 e. The van der Waals surface area contributed by atoms with E-state index >= 15 is 0 Å². The number of aliphatic hydroxyl groups excluding tert-OH is 1. The monoisotopic (exact) mass is 292 g/mol. The molecule has 0 aromatic heterocycles. The number of carbonyl (C=O) groups excluding carboxylic acids is 2. The van der Waals surface area contributed by atoms with Crippen LogP contribution in [0.15, 0.2) is 24.3 Å². The van der Waals surface area contributed by atoms with Crippen molar-refractivity contribution in [2.24, 2.45) is 0 Å². The highest BCUT2D eigenvalue weighted by molar-refractivity contribution is 5.95. The van der Waals surface area contributed by atoms with Gasteiger partial charge in [0.25, 0.3) is 0 Å². The minimum atomic E-state index is -0.0652. The lowest BCUT2D eigenvalue weighted by atomic mass is 10.1. The van der Waals surface area contributed by atoms with Crippen molar-refractivity contribution in [3.63, 3.8) is 0 Å². The average Bonchev–Trinajstić information content (AvgIpc) is 2.46. The van der Waals surface area contributed by atoms with Crippen molar-refractivity contribution in [2.75, 3.05) is 31.6 Å². The second-order valence-corrected chi connectivity index (χ2v) is 5.00. The van der Waals surface area contributed by atoms with Crippen LogP contribution in [0, 0.1) is 0 Å². The zero-order valence-electron chi connectivity index (χ0n) is 12.8. The van der Waals surface area contributed by atoms with Gasteiger partial charge in [-0.3, -0.25) is 9.59 Å². The SMILES string of the molecule is CCCN(CCO)CCC(=O)Nc1ccc(C(C)=O)cc1. The maximum absolute atomic E-state index is 11.9. The largest absolute Gasteiger partial charge is 0.395 e. The zero-order valence-corrected chi connectivity index (χ0v) is 12.8. The highest BCUT2D eigenvalue weighted by atomic mass is 16.3. The van der Waals surface area contributed by atoms with Gasteiger partial charge in [0.2, 0.25) is 5.91 Å². The summed E-state index contributed by atoms with van der Waals surface area (Å²) in [5, 5.41) is 11.8. The molecule has 0 radical (unpaired) electrons. The number of carbonyl (C=O) groups is 2. The van der Waals surface area contributed by atoms with Crippen molar-refractivity contribution in [3.8, 4) is 0 Å². The first-order valence-corrected chi connectivity index (χ1v) is 7.31. The summed E-state index contributed by atoms with van der Waals surface area (Å²) in [6.07, 6.45) is 1.38. The van der Waals surface area contributed by atoms with E-state index in [2.05, 4.69) is 17.1 Å². The van der Waals surface area contributed by atoms with Crippen LogP contribution in [0.3, 0.4) is 0 Å². The van der Waals surface area contributed by atoms with Gasteiger partial charge < -0.3 is 15.3 Å². The van der Waals surface area contributed by atoms with Crippen molar-refractivity contribution in [3.05, 3.63) is 29.8 Å². The number of ketones is 1. The Morgan fingerprint density at radius 2 is 1.81 bits per heavy atom. The number of nitrogens with one attached hydrogen (secondary N) is 1. The highest BCUT2D eigenvalue weighted by Crippen LogP contribution is 2.10. The summed E-state index contributed by atoms with van der Waals surface area (Å²) in [6, 6.07) is 6.86. The van der Waals surface area contributed by atoms with E-state index in [1.54, 1.807) is 24.3 Å². The molecule has 21 heavy (non-hydrogen) atoms. The van der Waals surface area contributed by atoms with Crippen LogP contribution in [0.4, 0.5) is 5.69 Å². The van der Waals surface area contributed by atoms with Crippen LogP contribution < -0.4 is 5.32 Å². The molecule has 0 saturated carbocycles. The second kappa shape index (κ2) is 9.26. The van der Waals surface area contributed by atoms with E-state index in [4.69, 9.17) is 5.11 Å². The summed E-state index contributed by atoms with van der Waals surface area (Å²) >= 11 is 0. The molecule has 0 spiro atoms. The lowest BCUT2D eigenvalue weighted by Gasteiger charge is -2.20. The molecule has 0 bridgehead atoms. The van der Waals surface area contributed by atoms with Gasteiger partial charge in [-0.2, -0.15) is 0 Å². The quantitative estimate of drug-likeness (QED) is 0.682. The number of rotatable bonds is 9. The minimum Gasteiger partial charge on any atom is -0.395 e. The van der Waals surface area contributed by atoms with E-state index in [0.29, 0.717) is 30.8 Å². The molecule has 0 aliphatic heterocycles. The Bertz CT molecular complexity index is 451. The van der Waals surface area contributed by atoms with Crippen molar-refractivity contribution in [1.82, 2.24) is 4.90 Å². The summed E-state index contributed by atoms with van der Waals surface area (Å²) in [5.74, 6) is -0.0586. The number of anilines is 1. The molecule has 0 fully saturated rings. The van der Waals surface area contributed by atoms with Gasteiger partial charge in [0, 0.05) is 30.8 Å². The smallest absolute Gasteiger partial charge is 0.225 e. The Morgan fingerprint density at radius 1 is 1.14 bits per heavy atom. The average molecular weight is 292 g/mol. The van der Waals surface area contributed by atoms with E-state index in [1.165, 1.54) is 6.92 Å². The third kappa shape index (κ3) is 6.51. The molecule has 0 atom stereocenters. The predicted octanol–water partition coefficient (Wildman–Crippen LogP) is 1.92. The Labute approximate surface area is 126 Å². The van der Waals surface area contributed by atoms with E-state index in [9.17, 15) is 9.59 Å². The zero-order chi connectivity index (χ0) is 15.7. The van der Waals surface area contributed by atoms with Crippen LogP contribution in [-0.4, -0.2) is 47.9 Å². The summed E-state index contributed by atoms with van der Waals surface area (Å²) < 4.78 is 0. The number of hydrogen-bond donors (Lipinski definition) is 2. The van der Waals surface area contributed by atoms with Crippen LogP contribution >= 0.6 is 0 Å². The van der Waals surface area contributed by atoms with Crippen molar-refractivity contribution < 1.29 is 14.7 Å². The van der Waals surface area contributed by atoms with Crippen molar-refractivity contribution in [1.29, 1.82) is 0 Å². The molecular formula is C16H24N2O3. The molecule has 5 nitrogen and oxygen atoms in total. The summed E-state index contributed by atoms with van der Waals surface area (Å²) in [6.45, 7) is 5.79. The van der Waals surface area contributed by atoms with Gasteiger partial charge in [0.15, 0.2) is 5.78 Å². The molecule has 0 aliphatic rings. The van der Waals surface area contributed by atoms with Gasteiger partial charge in [0.05, 0.1) is 6.61 Å². The minimum absolute atomic E-state index is 0.00656. The number of hydrogen-bond acceptors (Lipinski definition) is 4. The van der Waals surface area contributed by atoms with E-state index in [1.807, 2.05) is 0 Å². The molecule has 0 aliphatic carbocycles. The molecule has 1 aromatic rings. The standard InChI is InChI=1S/C16H24N2O3/c1-3-9-18(11-12-19)10-8-16(21)17-15-6-4-14(5-7-15)13(2)20/h4-7,19H,3,8-12H2,1-2H3,(H,17,21). The summed E-state index contributed by atoms with van der Waals surface area (Å²) in [7, 11) is 0. The van der Waals surface area contributed by atoms with Crippen LogP contribution in [0.5, 0.6) is 0 Å². The van der Waals surface area contributed by atoms with Crippen LogP contribution in [0.25, 0.3) is 0 Å². The number of Topliss-reactive ketones (excluding diaryl/α,β-unsaturated/α-hetero) is 1. The molecule has 1 rings (SSSR count). The maximum atomic E-state index is 11.9. The first-order valence-electron chi connectivity index (χ1n) is 7.31. The van der Waals surface area contributed by atoms with Gasteiger partial charge >= 0.3 is 0 Å². The van der Waals surface area contributed by atoms with Crippen LogP contribution in [0.2, 0.25) is 0 Å². The number of amides is 1. The molecule has 116 valence electrons. The molecule has 5 heteroatoms. The van der Waals surface area contributed by atoms with Crippen molar-refractivity contribution in [2.45, 2.75) is 26.7 Å². The fourth-order valence-corrected chi connectivity index (χ4v) is 2.06. The Balaban J connectivity index is 2.43. The fourth-order valence-electron chi connectivity index (χ4n) is 2.06.